The van der Waals surface area contributed by atoms with E-state index in [1.165, 1.54) is 5.56 Å². The van der Waals surface area contributed by atoms with Crippen LogP contribution in [0.3, 0.4) is 0 Å². The Morgan fingerprint density at radius 3 is 2.55 bits per heavy atom. The molecular weight excluding hydrogens is 416 g/mol. The fraction of sp³-hybridized carbons (Fsp3) is 0.500. The minimum atomic E-state index is -0.680. The van der Waals surface area contributed by atoms with Gasteiger partial charge in [-0.1, -0.05) is 6.07 Å². The van der Waals surface area contributed by atoms with Gasteiger partial charge in [0.25, 0.3) is 0 Å². The number of imidazole rings is 1. The average Bonchev–Trinajstić information content (AvgIpc) is 3.24. The Balaban J connectivity index is 1.12. The molecule has 1 aromatic carbocycles. The van der Waals surface area contributed by atoms with Crippen molar-refractivity contribution in [3.63, 3.8) is 0 Å². The lowest BCUT2D eigenvalue weighted by Gasteiger charge is -2.36. The summed E-state index contributed by atoms with van der Waals surface area (Å²) in [5.74, 6) is 1.49. The van der Waals surface area contributed by atoms with Gasteiger partial charge in [0.2, 0.25) is 0 Å². The second-order valence-electron chi connectivity index (χ2n) is 9.57. The molecule has 1 aliphatic heterocycles. The van der Waals surface area contributed by atoms with Crippen LogP contribution in [0, 0.1) is 12.8 Å². The standard InChI is InChI=1S/C26H32N4O3/c1-17-2-8-22-23(14-17)29-26(28-22)19-5-9-24(27-16-19)30-12-10-21(11-13-30)33-20-6-3-18(4-7-20)15-25(31)32/h2,5,8-9,14,16,18,20-21H,3-4,6-7,10-13,15H2,1H3,(H,28,29)(H,31,32)/t18-,20+. The number of anilines is 1. The van der Waals surface area contributed by atoms with E-state index >= 15 is 0 Å². The predicted octanol–water partition coefficient (Wildman–Crippen LogP) is 4.95. The van der Waals surface area contributed by atoms with Crippen molar-refractivity contribution in [1.82, 2.24) is 15.0 Å². The number of piperidine rings is 1. The highest BCUT2D eigenvalue weighted by Crippen LogP contribution is 2.31. The predicted molar refractivity (Wildman–Crippen MR) is 128 cm³/mol. The number of aryl methyl sites for hydroxylation is 1. The molecule has 0 atom stereocenters. The average molecular weight is 449 g/mol. The van der Waals surface area contributed by atoms with Crippen LogP contribution in [0.25, 0.3) is 22.4 Å². The molecule has 2 N–H and O–H groups in total. The molecule has 7 nitrogen and oxygen atoms in total. The maximum Gasteiger partial charge on any atom is 0.303 e. The minimum Gasteiger partial charge on any atom is -0.481 e. The summed E-state index contributed by atoms with van der Waals surface area (Å²) < 4.78 is 6.38. The lowest BCUT2D eigenvalue weighted by Crippen LogP contribution is -2.39. The van der Waals surface area contributed by atoms with Gasteiger partial charge in [-0.2, -0.15) is 0 Å². The highest BCUT2D eigenvalue weighted by atomic mass is 16.5. The summed E-state index contributed by atoms with van der Waals surface area (Å²) in [5.41, 5.74) is 4.22. The van der Waals surface area contributed by atoms with Gasteiger partial charge in [0.1, 0.15) is 11.6 Å². The molecule has 2 aliphatic rings. The first-order chi connectivity index (χ1) is 16.0. The monoisotopic (exact) mass is 448 g/mol. The smallest absolute Gasteiger partial charge is 0.303 e. The molecule has 3 aromatic rings. The number of hydrogen-bond acceptors (Lipinski definition) is 5. The highest BCUT2D eigenvalue weighted by molar-refractivity contribution is 5.80. The number of benzene rings is 1. The molecule has 7 heteroatoms. The molecule has 2 aromatic heterocycles. The van der Waals surface area contributed by atoms with Crippen LogP contribution < -0.4 is 4.90 Å². The molecular formula is C26H32N4O3. The highest BCUT2D eigenvalue weighted by Gasteiger charge is 2.28. The topological polar surface area (TPSA) is 91.3 Å². The molecule has 2 fully saturated rings. The van der Waals surface area contributed by atoms with E-state index in [0.717, 1.165) is 79.9 Å². The minimum absolute atomic E-state index is 0.289. The van der Waals surface area contributed by atoms with Crippen molar-refractivity contribution in [3.05, 3.63) is 42.1 Å². The second kappa shape index (κ2) is 9.51. The summed E-state index contributed by atoms with van der Waals surface area (Å²) in [7, 11) is 0. The number of aliphatic carboxylic acids is 1. The molecule has 174 valence electrons. The fourth-order valence-electron chi connectivity index (χ4n) is 5.19. The number of rotatable bonds is 6. The normalized spacial score (nSPS) is 22.0. The summed E-state index contributed by atoms with van der Waals surface area (Å²) in [6.07, 6.45) is 8.70. The number of carbonyl (C=O) groups is 1. The van der Waals surface area contributed by atoms with Gasteiger partial charge in [-0.25, -0.2) is 9.97 Å². The van der Waals surface area contributed by atoms with Gasteiger partial charge in [0, 0.05) is 31.3 Å². The van der Waals surface area contributed by atoms with Crippen LogP contribution in [0.5, 0.6) is 0 Å². The van der Waals surface area contributed by atoms with Crippen molar-refractivity contribution in [2.45, 2.75) is 64.1 Å². The van der Waals surface area contributed by atoms with Crippen molar-refractivity contribution in [2.24, 2.45) is 5.92 Å². The van der Waals surface area contributed by atoms with E-state index in [4.69, 9.17) is 19.8 Å². The van der Waals surface area contributed by atoms with Gasteiger partial charge in [-0.05, 0) is 81.2 Å². The molecule has 0 radical (unpaired) electrons. The summed E-state index contributed by atoms with van der Waals surface area (Å²) in [6.45, 7) is 3.96. The van der Waals surface area contributed by atoms with Crippen LogP contribution in [0.4, 0.5) is 5.82 Å². The molecule has 0 spiro atoms. The lowest BCUT2D eigenvalue weighted by molar-refractivity contribution is -0.138. The van der Waals surface area contributed by atoms with Gasteiger partial charge in [-0.15, -0.1) is 0 Å². The van der Waals surface area contributed by atoms with Gasteiger partial charge in [-0.3, -0.25) is 4.79 Å². The third-order valence-corrected chi connectivity index (χ3v) is 7.07. The summed E-state index contributed by atoms with van der Waals surface area (Å²) in [4.78, 5) is 26.0. The zero-order chi connectivity index (χ0) is 22.8. The van der Waals surface area contributed by atoms with Crippen molar-refractivity contribution in [3.8, 4) is 11.4 Å². The third-order valence-electron chi connectivity index (χ3n) is 7.07. The lowest BCUT2D eigenvalue weighted by atomic mass is 9.85. The Bertz CT molecular complexity index is 1090. The van der Waals surface area contributed by atoms with Crippen LogP contribution in [0.15, 0.2) is 36.5 Å². The molecule has 1 saturated heterocycles. The van der Waals surface area contributed by atoms with Crippen LogP contribution in [0.2, 0.25) is 0 Å². The second-order valence-corrected chi connectivity index (χ2v) is 9.57. The van der Waals surface area contributed by atoms with E-state index in [0.29, 0.717) is 18.4 Å². The molecule has 3 heterocycles. The Labute approximate surface area is 194 Å². The largest absolute Gasteiger partial charge is 0.481 e. The van der Waals surface area contributed by atoms with E-state index in [1.54, 1.807) is 0 Å². The SMILES string of the molecule is Cc1ccc2nc(-c3ccc(N4CCC(O[C@H]5CC[C@@H](CC(=O)O)CC5)CC4)nc3)[nH]c2c1. The number of nitrogens with one attached hydrogen (secondary N) is 1. The number of aromatic amines is 1. The number of fused-ring (bicyclic) bond motifs is 1. The first-order valence-corrected chi connectivity index (χ1v) is 12.1. The molecule has 1 aliphatic carbocycles. The number of hydrogen-bond donors (Lipinski definition) is 2. The van der Waals surface area contributed by atoms with Crippen molar-refractivity contribution in [1.29, 1.82) is 0 Å². The molecule has 0 bridgehead atoms. The zero-order valence-corrected chi connectivity index (χ0v) is 19.2. The molecule has 33 heavy (non-hydrogen) atoms. The van der Waals surface area contributed by atoms with Crippen LogP contribution >= 0.6 is 0 Å². The van der Waals surface area contributed by atoms with Gasteiger partial charge in [0.05, 0.1) is 23.2 Å². The first-order valence-electron chi connectivity index (χ1n) is 12.1. The van der Waals surface area contributed by atoms with Gasteiger partial charge >= 0.3 is 5.97 Å². The van der Waals surface area contributed by atoms with E-state index < -0.39 is 5.97 Å². The Kier molecular flexibility index (Phi) is 6.31. The molecule has 0 amide bonds. The molecule has 1 saturated carbocycles. The van der Waals surface area contributed by atoms with E-state index in [9.17, 15) is 4.79 Å². The van der Waals surface area contributed by atoms with E-state index in [2.05, 4.69) is 41.1 Å². The number of aromatic nitrogens is 3. The van der Waals surface area contributed by atoms with Crippen LogP contribution in [-0.2, 0) is 9.53 Å². The maximum atomic E-state index is 10.9. The molecule has 5 rings (SSSR count). The summed E-state index contributed by atoms with van der Waals surface area (Å²) >= 11 is 0. The number of carboxylic acid groups (broad SMARTS) is 1. The number of pyridine rings is 1. The van der Waals surface area contributed by atoms with Gasteiger partial charge in [0.15, 0.2) is 0 Å². The van der Waals surface area contributed by atoms with Crippen LogP contribution in [-0.4, -0.2) is 51.3 Å². The fourth-order valence-corrected chi connectivity index (χ4v) is 5.19. The molecule has 0 unspecified atom stereocenters. The number of carboxylic acids is 1. The van der Waals surface area contributed by atoms with Crippen LogP contribution in [0.1, 0.15) is 50.5 Å². The number of H-pyrrole nitrogens is 1. The third kappa shape index (κ3) is 5.19. The summed E-state index contributed by atoms with van der Waals surface area (Å²) in [6, 6.07) is 10.4. The van der Waals surface area contributed by atoms with Crippen molar-refractivity contribution in [2.75, 3.05) is 18.0 Å². The Morgan fingerprint density at radius 2 is 1.85 bits per heavy atom. The van der Waals surface area contributed by atoms with Crippen molar-refractivity contribution >= 4 is 22.8 Å². The zero-order valence-electron chi connectivity index (χ0n) is 19.2. The maximum absolute atomic E-state index is 10.9. The number of ether oxygens (including phenoxy) is 1. The van der Waals surface area contributed by atoms with E-state index in [1.807, 2.05) is 12.3 Å². The number of nitrogens with zero attached hydrogens (tertiary/aromatic N) is 3. The van der Waals surface area contributed by atoms with Crippen molar-refractivity contribution < 1.29 is 14.6 Å². The first kappa shape index (κ1) is 21.9. The van der Waals surface area contributed by atoms with Gasteiger partial charge < -0.3 is 19.7 Å². The van der Waals surface area contributed by atoms with E-state index in [-0.39, 0.29) is 6.10 Å². The Morgan fingerprint density at radius 1 is 1.09 bits per heavy atom. The summed E-state index contributed by atoms with van der Waals surface area (Å²) in [5, 5.41) is 8.98. The Hall–Kier alpha value is -2.93. The quantitative estimate of drug-likeness (QED) is 0.554.